The number of aromatic nitrogens is 1. The molecule has 1 fully saturated rings. The van der Waals surface area contributed by atoms with E-state index in [-0.39, 0.29) is 0 Å². The van der Waals surface area contributed by atoms with E-state index >= 15 is 0 Å². The van der Waals surface area contributed by atoms with Crippen LogP contribution < -0.4 is 5.32 Å². The van der Waals surface area contributed by atoms with Gasteiger partial charge in [0.25, 0.3) is 5.91 Å². The number of nitrogens with one attached hydrogen (secondary N) is 1. The number of hydrogen-bond acceptors (Lipinski definition) is 6. The highest BCUT2D eigenvalue weighted by Gasteiger charge is 2.26. The number of benzene rings is 1. The summed E-state index contributed by atoms with van der Waals surface area (Å²) >= 11 is 1.56. The van der Waals surface area contributed by atoms with Crippen LogP contribution in [0.15, 0.2) is 30.5 Å². The smallest absolute Gasteiger partial charge is 0.315 e. The molecule has 2 aromatic rings. The Morgan fingerprint density at radius 2 is 1.97 bits per heavy atom. The van der Waals surface area contributed by atoms with E-state index < -0.39 is 31.2 Å². The van der Waals surface area contributed by atoms with Gasteiger partial charge in [-0.15, -0.1) is 11.3 Å². The SMILES string of the molecule is O=C(NC(CF)C(O)c1ccc(-c2cnc(CN3CCOCC3)s2)cc1)C(F)F. The van der Waals surface area contributed by atoms with E-state index in [4.69, 9.17) is 4.74 Å². The second-order valence-corrected chi connectivity index (χ2v) is 7.76. The van der Waals surface area contributed by atoms with Gasteiger partial charge in [0.2, 0.25) is 0 Å². The lowest BCUT2D eigenvalue weighted by atomic mass is 10.0. The maximum atomic E-state index is 13.1. The van der Waals surface area contributed by atoms with Gasteiger partial charge in [-0.25, -0.2) is 9.37 Å². The molecule has 2 unspecified atom stereocenters. The monoisotopic (exact) mass is 429 g/mol. The zero-order chi connectivity index (χ0) is 20.8. The topological polar surface area (TPSA) is 74.7 Å². The normalized spacial score (nSPS) is 17.3. The molecule has 0 radical (unpaired) electrons. The van der Waals surface area contributed by atoms with Crippen LogP contribution in [0.25, 0.3) is 10.4 Å². The number of morpholine rings is 1. The molecule has 2 atom stereocenters. The van der Waals surface area contributed by atoms with Gasteiger partial charge in [0, 0.05) is 19.3 Å². The third-order valence-electron chi connectivity index (χ3n) is 4.63. The number of thiazole rings is 1. The van der Waals surface area contributed by atoms with Crippen molar-refractivity contribution < 1.29 is 27.8 Å². The first kappa shape index (κ1) is 21.7. The van der Waals surface area contributed by atoms with E-state index in [0.29, 0.717) is 5.56 Å². The van der Waals surface area contributed by atoms with Gasteiger partial charge in [-0.05, 0) is 11.1 Å². The summed E-state index contributed by atoms with van der Waals surface area (Å²) in [6.07, 6.45) is -2.93. The van der Waals surface area contributed by atoms with Gasteiger partial charge in [-0.2, -0.15) is 8.78 Å². The fourth-order valence-electron chi connectivity index (χ4n) is 2.99. The Bertz CT molecular complexity index is 797. The number of alkyl halides is 3. The van der Waals surface area contributed by atoms with Crippen molar-refractivity contribution in [1.29, 1.82) is 0 Å². The molecule has 1 saturated heterocycles. The van der Waals surface area contributed by atoms with Crippen LogP contribution in [-0.2, 0) is 16.1 Å². The molecule has 29 heavy (non-hydrogen) atoms. The maximum absolute atomic E-state index is 13.1. The van der Waals surface area contributed by atoms with Crippen molar-refractivity contribution in [2.75, 3.05) is 33.0 Å². The summed E-state index contributed by atoms with van der Waals surface area (Å²) in [4.78, 5) is 18.8. The van der Waals surface area contributed by atoms with Crippen molar-refractivity contribution >= 4 is 17.2 Å². The fourth-order valence-corrected chi connectivity index (χ4v) is 3.96. The van der Waals surface area contributed by atoms with Gasteiger partial charge < -0.3 is 15.2 Å². The van der Waals surface area contributed by atoms with Gasteiger partial charge >= 0.3 is 6.43 Å². The molecule has 0 aliphatic carbocycles. The number of halogens is 3. The number of hydrogen-bond donors (Lipinski definition) is 2. The van der Waals surface area contributed by atoms with Gasteiger partial charge in [-0.1, -0.05) is 24.3 Å². The minimum absolute atomic E-state index is 0.323. The summed E-state index contributed by atoms with van der Waals surface area (Å²) in [7, 11) is 0. The predicted octanol–water partition coefficient (Wildman–Crippen LogP) is 2.40. The van der Waals surface area contributed by atoms with Crippen LogP contribution in [0.1, 0.15) is 16.7 Å². The lowest BCUT2D eigenvalue weighted by molar-refractivity contribution is -0.133. The summed E-state index contributed by atoms with van der Waals surface area (Å²) in [6.45, 7) is 2.78. The highest BCUT2D eigenvalue weighted by Crippen LogP contribution is 2.29. The molecule has 2 heterocycles. The van der Waals surface area contributed by atoms with Crippen molar-refractivity contribution in [2.24, 2.45) is 0 Å². The zero-order valence-electron chi connectivity index (χ0n) is 15.6. The first-order valence-electron chi connectivity index (χ1n) is 9.15. The minimum Gasteiger partial charge on any atom is -0.386 e. The average molecular weight is 429 g/mol. The number of nitrogens with zero attached hydrogens (tertiary/aromatic N) is 2. The second-order valence-electron chi connectivity index (χ2n) is 6.64. The van der Waals surface area contributed by atoms with Crippen LogP contribution in [0.3, 0.4) is 0 Å². The number of aliphatic hydroxyl groups is 1. The van der Waals surface area contributed by atoms with Crippen LogP contribution in [0, 0.1) is 0 Å². The molecule has 0 spiro atoms. The number of carbonyl (C=O) groups is 1. The van der Waals surface area contributed by atoms with E-state index in [1.807, 2.05) is 5.32 Å². The third kappa shape index (κ3) is 5.75. The second kappa shape index (κ2) is 10.1. The van der Waals surface area contributed by atoms with Crippen LogP contribution >= 0.6 is 11.3 Å². The van der Waals surface area contributed by atoms with E-state index in [1.54, 1.807) is 41.8 Å². The van der Waals surface area contributed by atoms with Crippen LogP contribution in [0.2, 0.25) is 0 Å². The molecule has 1 aromatic heterocycles. The molecule has 158 valence electrons. The number of aliphatic hydroxyl groups excluding tert-OH is 1. The Hall–Kier alpha value is -2.01. The molecule has 10 heteroatoms. The number of rotatable bonds is 8. The quantitative estimate of drug-likeness (QED) is 0.674. The van der Waals surface area contributed by atoms with E-state index in [9.17, 15) is 23.1 Å². The molecule has 2 N–H and O–H groups in total. The lowest BCUT2D eigenvalue weighted by Gasteiger charge is -2.25. The van der Waals surface area contributed by atoms with Crippen molar-refractivity contribution in [1.82, 2.24) is 15.2 Å². The molecule has 1 aliphatic heterocycles. The average Bonchev–Trinajstić information content (AvgIpc) is 3.20. The Morgan fingerprint density at radius 3 is 2.59 bits per heavy atom. The molecule has 1 amide bonds. The number of amides is 1. The van der Waals surface area contributed by atoms with Crippen molar-refractivity contribution in [2.45, 2.75) is 25.1 Å². The summed E-state index contributed by atoms with van der Waals surface area (Å²) in [6, 6.07) is 5.21. The first-order chi connectivity index (χ1) is 14.0. The standard InChI is InChI=1S/C19H22F3N3O3S/c20-9-14(24-19(27)18(21)22)17(26)13-3-1-12(2-4-13)15-10-23-16(29-15)11-25-5-7-28-8-6-25/h1-4,10,14,17-18,26H,5-9,11H2,(H,24,27). The fraction of sp³-hybridized carbons (Fsp3) is 0.474. The molecule has 6 nitrogen and oxygen atoms in total. The third-order valence-corrected chi connectivity index (χ3v) is 5.66. The number of carbonyl (C=O) groups excluding carboxylic acids is 1. The Kier molecular flexibility index (Phi) is 7.59. The van der Waals surface area contributed by atoms with Crippen LogP contribution in [-0.4, -0.2) is 66.3 Å². The lowest BCUT2D eigenvalue weighted by Crippen LogP contribution is -2.43. The Morgan fingerprint density at radius 1 is 1.28 bits per heavy atom. The van der Waals surface area contributed by atoms with Crippen molar-refractivity contribution in [3.63, 3.8) is 0 Å². The van der Waals surface area contributed by atoms with Gasteiger partial charge in [0.1, 0.15) is 17.8 Å². The summed E-state index contributed by atoms with van der Waals surface area (Å²) < 4.78 is 43.2. The van der Waals surface area contributed by atoms with Crippen molar-refractivity contribution in [3.8, 4) is 10.4 Å². The van der Waals surface area contributed by atoms with Gasteiger partial charge in [0.05, 0.1) is 30.7 Å². The maximum Gasteiger partial charge on any atom is 0.315 e. The predicted molar refractivity (Wildman–Crippen MR) is 103 cm³/mol. The van der Waals surface area contributed by atoms with Crippen molar-refractivity contribution in [3.05, 3.63) is 41.0 Å². The summed E-state index contributed by atoms with van der Waals surface area (Å²) in [5.74, 6) is -1.61. The van der Waals surface area contributed by atoms with E-state index in [2.05, 4.69) is 9.88 Å². The zero-order valence-corrected chi connectivity index (χ0v) is 16.4. The highest BCUT2D eigenvalue weighted by atomic mass is 32.1. The van der Waals surface area contributed by atoms with Crippen LogP contribution in [0.5, 0.6) is 0 Å². The molecule has 3 rings (SSSR count). The highest BCUT2D eigenvalue weighted by molar-refractivity contribution is 7.15. The first-order valence-corrected chi connectivity index (χ1v) is 9.97. The molecule has 1 aromatic carbocycles. The molecule has 1 aliphatic rings. The van der Waals surface area contributed by atoms with Gasteiger partial charge in [0.15, 0.2) is 0 Å². The van der Waals surface area contributed by atoms with E-state index in [0.717, 1.165) is 48.3 Å². The number of ether oxygens (including phenoxy) is 1. The Balaban J connectivity index is 1.64. The summed E-state index contributed by atoms with van der Waals surface area (Å²) in [5.41, 5.74) is 1.20. The largest absolute Gasteiger partial charge is 0.386 e. The molecular weight excluding hydrogens is 407 g/mol. The molecule has 0 saturated carbocycles. The molecule has 0 bridgehead atoms. The minimum atomic E-state index is -3.27. The molecular formula is C19H22F3N3O3S. The Labute approximate surface area is 170 Å². The van der Waals surface area contributed by atoms with E-state index in [1.165, 1.54) is 0 Å². The summed E-state index contributed by atoms with van der Waals surface area (Å²) in [5, 5.41) is 13.0. The van der Waals surface area contributed by atoms with Gasteiger partial charge in [-0.3, -0.25) is 9.69 Å². The van der Waals surface area contributed by atoms with Crippen LogP contribution in [0.4, 0.5) is 13.2 Å².